The molecule has 96 valence electrons. The van der Waals surface area contributed by atoms with Crippen LogP contribution in [0.15, 0.2) is 12.2 Å². The number of hydrogen-bond acceptors (Lipinski definition) is 4. The first-order valence-electron chi connectivity index (χ1n) is 5.76. The minimum absolute atomic E-state index is 0.481. The molecule has 0 saturated heterocycles. The van der Waals surface area contributed by atoms with E-state index in [-0.39, 0.29) is 0 Å². The van der Waals surface area contributed by atoms with Gasteiger partial charge in [0.2, 0.25) is 0 Å². The van der Waals surface area contributed by atoms with E-state index >= 15 is 0 Å². The Morgan fingerprint density at radius 1 is 1.25 bits per heavy atom. The van der Waals surface area contributed by atoms with E-state index in [1.54, 1.807) is 0 Å². The smallest absolute Gasteiger partial charge is 0.390 e. The molecule has 4 nitrogen and oxygen atoms in total. The van der Waals surface area contributed by atoms with Crippen molar-refractivity contribution in [2.24, 2.45) is 0 Å². The highest BCUT2D eigenvalue weighted by Gasteiger charge is 2.35. The third-order valence-corrected chi connectivity index (χ3v) is 4.33. The van der Waals surface area contributed by atoms with E-state index in [0.29, 0.717) is 32.5 Å². The average Bonchev–Trinajstić information content (AvgIpc) is 2.17. The third kappa shape index (κ3) is 8.01. The zero-order valence-electron chi connectivity index (χ0n) is 10.6. The van der Waals surface area contributed by atoms with E-state index in [1.807, 2.05) is 20.8 Å². The van der Waals surface area contributed by atoms with Crippen molar-refractivity contribution in [2.45, 2.75) is 33.2 Å². The van der Waals surface area contributed by atoms with Crippen LogP contribution in [0.1, 0.15) is 27.2 Å². The van der Waals surface area contributed by atoms with Crippen LogP contribution >= 0.6 is 0 Å². The van der Waals surface area contributed by atoms with Crippen LogP contribution in [0, 0.1) is 0 Å². The lowest BCUT2D eigenvalue weighted by Crippen LogP contribution is -2.42. The molecule has 0 heterocycles. The highest BCUT2D eigenvalue weighted by Crippen LogP contribution is 2.12. The molecule has 1 N–H and O–H groups in total. The molecule has 0 radical (unpaired) electrons. The lowest BCUT2D eigenvalue weighted by molar-refractivity contribution is 0.100. The van der Waals surface area contributed by atoms with E-state index in [1.165, 1.54) is 0 Å². The first-order valence-corrected chi connectivity index (χ1v) is 7.73. The predicted octanol–water partition coefficient (Wildman–Crippen LogP) is 1.97. The Morgan fingerprint density at radius 3 is 2.25 bits per heavy atom. The summed E-state index contributed by atoms with van der Waals surface area (Å²) in [6, 6.07) is 0.546. The first-order chi connectivity index (χ1) is 7.54. The van der Waals surface area contributed by atoms with E-state index in [9.17, 15) is 4.80 Å². The lowest BCUT2D eigenvalue weighted by Gasteiger charge is -2.22. The Kier molecular flexibility index (Phi) is 8.78. The van der Waals surface area contributed by atoms with Crippen molar-refractivity contribution in [1.82, 2.24) is 0 Å². The lowest BCUT2D eigenvalue weighted by atomic mass is 10.4. The Morgan fingerprint density at radius 2 is 1.81 bits per heavy atom. The fourth-order valence-corrected chi connectivity index (χ4v) is 3.15. The molecule has 0 aliphatic rings. The first kappa shape index (κ1) is 15.8. The van der Waals surface area contributed by atoms with Crippen LogP contribution in [-0.4, -0.2) is 40.0 Å². The standard InChI is InChI=1S/C11H24O4Si/c1-5-14-16(12,15-6-2)9-7-8-13-10-11(3)4/h12H,3,5-10H2,1-2,4H3. The molecule has 0 aliphatic carbocycles. The second-order valence-electron chi connectivity index (χ2n) is 3.69. The minimum Gasteiger partial charge on any atom is -0.390 e. The molecular formula is C11H24O4Si. The van der Waals surface area contributed by atoms with Gasteiger partial charge in [0.15, 0.2) is 0 Å². The molecule has 0 aromatic rings. The highest BCUT2D eigenvalue weighted by molar-refractivity contribution is 6.59. The van der Waals surface area contributed by atoms with E-state index in [2.05, 4.69) is 6.58 Å². The van der Waals surface area contributed by atoms with Crippen LogP contribution in [0.4, 0.5) is 0 Å². The van der Waals surface area contributed by atoms with Crippen molar-refractivity contribution in [3.63, 3.8) is 0 Å². The van der Waals surface area contributed by atoms with Gasteiger partial charge in [-0.25, -0.2) is 0 Å². The maximum atomic E-state index is 10.0. The zero-order chi connectivity index (χ0) is 12.4. The normalized spacial score (nSPS) is 11.8. The van der Waals surface area contributed by atoms with E-state index < -0.39 is 8.80 Å². The van der Waals surface area contributed by atoms with Gasteiger partial charge in [-0.2, -0.15) is 0 Å². The molecule has 0 spiro atoms. The van der Waals surface area contributed by atoms with Crippen LogP contribution in [-0.2, 0) is 13.6 Å². The average molecular weight is 248 g/mol. The van der Waals surface area contributed by atoms with Crippen molar-refractivity contribution in [2.75, 3.05) is 26.4 Å². The monoisotopic (exact) mass is 248 g/mol. The van der Waals surface area contributed by atoms with Crippen molar-refractivity contribution >= 4 is 8.80 Å². The molecule has 0 saturated carbocycles. The molecule has 0 amide bonds. The van der Waals surface area contributed by atoms with Crippen LogP contribution in [0.5, 0.6) is 0 Å². The van der Waals surface area contributed by atoms with Gasteiger partial charge < -0.3 is 18.4 Å². The maximum Gasteiger partial charge on any atom is 0.498 e. The van der Waals surface area contributed by atoms with Gasteiger partial charge in [-0.3, -0.25) is 0 Å². The molecule has 0 aliphatic heterocycles. The van der Waals surface area contributed by atoms with E-state index in [4.69, 9.17) is 13.6 Å². The summed E-state index contributed by atoms with van der Waals surface area (Å²) in [5.41, 5.74) is 1.00. The molecule has 0 rings (SSSR count). The van der Waals surface area contributed by atoms with Crippen molar-refractivity contribution < 1.29 is 18.4 Å². The summed E-state index contributed by atoms with van der Waals surface area (Å²) in [7, 11) is -2.93. The summed E-state index contributed by atoms with van der Waals surface area (Å²) in [6.45, 7) is 11.5. The van der Waals surface area contributed by atoms with Crippen molar-refractivity contribution in [3.05, 3.63) is 12.2 Å². The van der Waals surface area contributed by atoms with Crippen LogP contribution in [0.3, 0.4) is 0 Å². The summed E-state index contributed by atoms with van der Waals surface area (Å²) in [4.78, 5) is 10.0. The summed E-state index contributed by atoms with van der Waals surface area (Å²) in [5.74, 6) is 0. The number of rotatable bonds is 10. The molecule has 0 aromatic carbocycles. The van der Waals surface area contributed by atoms with Crippen molar-refractivity contribution in [1.29, 1.82) is 0 Å². The van der Waals surface area contributed by atoms with Gasteiger partial charge in [-0.15, -0.1) is 0 Å². The Hall–Kier alpha value is -0.203. The summed E-state index contributed by atoms with van der Waals surface area (Å²) in [5, 5.41) is 0. The maximum absolute atomic E-state index is 10.0. The van der Waals surface area contributed by atoms with Gasteiger partial charge in [-0.1, -0.05) is 12.2 Å². The third-order valence-electron chi connectivity index (χ3n) is 1.87. The molecular weight excluding hydrogens is 224 g/mol. The minimum atomic E-state index is -2.93. The summed E-state index contributed by atoms with van der Waals surface area (Å²) in [6.07, 6.45) is 0.746. The van der Waals surface area contributed by atoms with E-state index in [0.717, 1.165) is 12.0 Å². The van der Waals surface area contributed by atoms with Crippen LogP contribution in [0.2, 0.25) is 6.04 Å². The second kappa shape index (κ2) is 8.89. The second-order valence-corrected chi connectivity index (χ2v) is 6.19. The molecule has 0 atom stereocenters. The Bertz CT molecular complexity index is 190. The SMILES string of the molecule is C=C(C)COCCC[Si](O)(OCC)OCC. The van der Waals surface area contributed by atoms with Gasteiger partial charge >= 0.3 is 8.80 Å². The Labute approximate surface area is 99.6 Å². The summed E-state index contributed by atoms with van der Waals surface area (Å²) < 4.78 is 15.9. The highest BCUT2D eigenvalue weighted by atomic mass is 28.4. The molecule has 0 unspecified atom stereocenters. The zero-order valence-corrected chi connectivity index (χ0v) is 11.6. The number of hydrogen-bond donors (Lipinski definition) is 1. The van der Waals surface area contributed by atoms with Gasteiger partial charge in [-0.05, 0) is 27.2 Å². The van der Waals surface area contributed by atoms with Gasteiger partial charge in [0.1, 0.15) is 0 Å². The van der Waals surface area contributed by atoms with Crippen molar-refractivity contribution in [3.8, 4) is 0 Å². The molecule has 16 heavy (non-hydrogen) atoms. The summed E-state index contributed by atoms with van der Waals surface area (Å²) >= 11 is 0. The molecule has 5 heteroatoms. The molecule has 0 fully saturated rings. The van der Waals surface area contributed by atoms with Gasteiger partial charge in [0.05, 0.1) is 6.61 Å². The van der Waals surface area contributed by atoms with Gasteiger partial charge in [0, 0.05) is 25.9 Å². The Balaban J connectivity index is 3.71. The van der Waals surface area contributed by atoms with Crippen LogP contribution < -0.4 is 0 Å². The molecule has 0 aromatic heterocycles. The number of ether oxygens (including phenoxy) is 1. The largest absolute Gasteiger partial charge is 0.498 e. The fraction of sp³-hybridized carbons (Fsp3) is 0.818. The quantitative estimate of drug-likeness (QED) is 0.365. The van der Waals surface area contributed by atoms with Gasteiger partial charge in [0.25, 0.3) is 0 Å². The van der Waals surface area contributed by atoms with Crippen LogP contribution in [0.25, 0.3) is 0 Å². The predicted molar refractivity (Wildman–Crippen MR) is 66.3 cm³/mol. The molecule has 0 bridgehead atoms. The fourth-order valence-electron chi connectivity index (χ4n) is 1.28. The topological polar surface area (TPSA) is 47.9 Å².